The molecule has 2 fully saturated rings. The van der Waals surface area contributed by atoms with Gasteiger partial charge in [0.25, 0.3) is 0 Å². The molecule has 18 heavy (non-hydrogen) atoms. The van der Waals surface area contributed by atoms with Crippen LogP contribution in [0.5, 0.6) is 0 Å². The quantitative estimate of drug-likeness (QED) is 0.573. The minimum absolute atomic E-state index is 0.677. The van der Waals surface area contributed by atoms with Crippen molar-refractivity contribution in [1.29, 1.82) is 0 Å². The first kappa shape index (κ1) is 14.4. The highest BCUT2D eigenvalue weighted by atomic mass is 14.7. The maximum Gasteiger partial charge on any atom is -0.0261 e. The van der Waals surface area contributed by atoms with Gasteiger partial charge in [-0.05, 0) is 59.7 Å². The zero-order valence-electron chi connectivity index (χ0n) is 13.7. The molecule has 7 atom stereocenters. The SMILES string of the molecule is CCC(C)C1CC1C1C(C)C1(C)CC(C)C(C)C. The van der Waals surface area contributed by atoms with Crippen LogP contribution in [0.2, 0.25) is 0 Å². The van der Waals surface area contributed by atoms with Gasteiger partial charge in [-0.1, -0.05) is 54.9 Å². The second kappa shape index (κ2) is 4.84. The van der Waals surface area contributed by atoms with E-state index in [0.29, 0.717) is 5.41 Å². The highest BCUT2D eigenvalue weighted by Crippen LogP contribution is 2.72. The van der Waals surface area contributed by atoms with Crippen LogP contribution < -0.4 is 0 Å². The van der Waals surface area contributed by atoms with E-state index in [1.807, 2.05) is 0 Å². The van der Waals surface area contributed by atoms with Crippen molar-refractivity contribution in [2.24, 2.45) is 46.8 Å². The summed E-state index contributed by atoms with van der Waals surface area (Å²) in [5.74, 6) is 6.89. The van der Waals surface area contributed by atoms with Gasteiger partial charge in [-0.25, -0.2) is 0 Å². The van der Waals surface area contributed by atoms with Gasteiger partial charge in [-0.3, -0.25) is 0 Å². The Hall–Kier alpha value is 0. The van der Waals surface area contributed by atoms with Gasteiger partial charge in [0, 0.05) is 0 Å². The fraction of sp³-hybridized carbons (Fsp3) is 1.00. The van der Waals surface area contributed by atoms with Crippen molar-refractivity contribution in [2.75, 3.05) is 0 Å². The molecule has 0 amide bonds. The summed E-state index contributed by atoms with van der Waals surface area (Å²) in [4.78, 5) is 0. The van der Waals surface area contributed by atoms with E-state index >= 15 is 0 Å². The van der Waals surface area contributed by atoms with Gasteiger partial charge in [0.2, 0.25) is 0 Å². The number of hydrogen-bond acceptors (Lipinski definition) is 0. The first-order valence-electron chi connectivity index (χ1n) is 8.32. The molecular formula is C18H34. The molecule has 0 aromatic carbocycles. The smallest absolute Gasteiger partial charge is 0.0261 e. The Morgan fingerprint density at radius 1 is 1.17 bits per heavy atom. The predicted molar refractivity (Wildman–Crippen MR) is 80.4 cm³/mol. The van der Waals surface area contributed by atoms with E-state index < -0.39 is 0 Å². The summed E-state index contributed by atoms with van der Waals surface area (Å²) in [6.45, 7) is 17.1. The highest BCUT2D eigenvalue weighted by Gasteiger charge is 2.66. The lowest BCUT2D eigenvalue weighted by Gasteiger charge is -2.21. The molecule has 0 bridgehead atoms. The molecule has 2 rings (SSSR count). The molecule has 0 heteroatoms. The van der Waals surface area contributed by atoms with Crippen molar-refractivity contribution in [3.8, 4) is 0 Å². The number of rotatable bonds is 6. The van der Waals surface area contributed by atoms with Crippen LogP contribution in [0.15, 0.2) is 0 Å². The van der Waals surface area contributed by atoms with E-state index in [2.05, 4.69) is 48.5 Å². The average molecular weight is 250 g/mol. The third-order valence-electron chi connectivity index (χ3n) is 6.86. The lowest BCUT2D eigenvalue weighted by atomic mass is 9.84. The van der Waals surface area contributed by atoms with Crippen molar-refractivity contribution in [2.45, 2.75) is 67.7 Å². The normalized spacial score (nSPS) is 46.0. The van der Waals surface area contributed by atoms with Crippen molar-refractivity contribution in [1.82, 2.24) is 0 Å². The summed E-state index contributed by atoms with van der Waals surface area (Å²) < 4.78 is 0. The molecule has 0 spiro atoms. The fourth-order valence-corrected chi connectivity index (χ4v) is 4.56. The van der Waals surface area contributed by atoms with Crippen LogP contribution >= 0.6 is 0 Å². The highest BCUT2D eigenvalue weighted by molar-refractivity contribution is 5.14. The van der Waals surface area contributed by atoms with Gasteiger partial charge in [0.1, 0.15) is 0 Å². The van der Waals surface area contributed by atoms with Crippen molar-refractivity contribution in [3.63, 3.8) is 0 Å². The summed E-state index contributed by atoms with van der Waals surface area (Å²) in [6.07, 6.45) is 4.37. The molecule has 0 heterocycles. The van der Waals surface area contributed by atoms with E-state index in [9.17, 15) is 0 Å². The van der Waals surface area contributed by atoms with E-state index in [1.54, 1.807) is 0 Å². The molecule has 0 aromatic heterocycles. The Morgan fingerprint density at radius 2 is 1.78 bits per heavy atom. The zero-order chi connectivity index (χ0) is 13.7. The van der Waals surface area contributed by atoms with Gasteiger partial charge >= 0.3 is 0 Å². The lowest BCUT2D eigenvalue weighted by Crippen LogP contribution is -2.13. The Kier molecular flexibility index (Phi) is 3.87. The van der Waals surface area contributed by atoms with Gasteiger partial charge in [-0.15, -0.1) is 0 Å². The second-order valence-corrected chi connectivity index (χ2v) is 8.19. The third kappa shape index (κ3) is 2.37. The summed E-state index contributed by atoms with van der Waals surface area (Å²) in [7, 11) is 0. The summed E-state index contributed by atoms with van der Waals surface area (Å²) in [5, 5.41) is 0. The molecule has 2 saturated carbocycles. The Balaban J connectivity index is 1.90. The zero-order valence-corrected chi connectivity index (χ0v) is 13.7. The minimum atomic E-state index is 0.677. The van der Waals surface area contributed by atoms with Gasteiger partial charge in [0.15, 0.2) is 0 Å². The molecule has 0 saturated heterocycles. The molecule has 7 unspecified atom stereocenters. The van der Waals surface area contributed by atoms with Crippen LogP contribution in [0.1, 0.15) is 67.7 Å². The molecule has 0 aromatic rings. The monoisotopic (exact) mass is 250 g/mol. The molecular weight excluding hydrogens is 216 g/mol. The van der Waals surface area contributed by atoms with Crippen LogP contribution in [-0.2, 0) is 0 Å². The molecule has 0 radical (unpaired) electrons. The molecule has 106 valence electrons. The standard InChI is InChI=1S/C18H34/c1-8-12(4)15-9-16(15)17-14(6)18(17,7)10-13(5)11(2)3/h11-17H,8-10H2,1-7H3. The molecule has 2 aliphatic rings. The van der Waals surface area contributed by atoms with Crippen LogP contribution in [0, 0.1) is 46.8 Å². The van der Waals surface area contributed by atoms with Gasteiger partial charge in [-0.2, -0.15) is 0 Å². The fourth-order valence-electron chi connectivity index (χ4n) is 4.56. The van der Waals surface area contributed by atoms with E-state index in [-0.39, 0.29) is 0 Å². The Labute approximate surface area is 115 Å². The summed E-state index contributed by atoms with van der Waals surface area (Å²) in [6, 6.07) is 0. The molecule has 0 aliphatic heterocycles. The number of hydrogen-bond donors (Lipinski definition) is 0. The van der Waals surface area contributed by atoms with Gasteiger partial charge in [0.05, 0.1) is 0 Å². The largest absolute Gasteiger partial charge is 0.0651 e. The van der Waals surface area contributed by atoms with Crippen LogP contribution in [0.25, 0.3) is 0 Å². The second-order valence-electron chi connectivity index (χ2n) is 8.19. The lowest BCUT2D eigenvalue weighted by molar-refractivity contribution is 0.284. The first-order chi connectivity index (χ1) is 8.32. The van der Waals surface area contributed by atoms with Crippen LogP contribution in [0.3, 0.4) is 0 Å². The van der Waals surface area contributed by atoms with Crippen LogP contribution in [0.4, 0.5) is 0 Å². The Bertz CT molecular complexity index is 292. The maximum absolute atomic E-state index is 2.58. The Morgan fingerprint density at radius 3 is 2.28 bits per heavy atom. The molecule has 0 N–H and O–H groups in total. The predicted octanol–water partition coefficient (Wildman–Crippen LogP) is 5.62. The third-order valence-corrected chi connectivity index (χ3v) is 6.86. The van der Waals surface area contributed by atoms with E-state index in [4.69, 9.17) is 0 Å². The average Bonchev–Trinajstić information content (AvgIpc) is 3.16. The topological polar surface area (TPSA) is 0 Å². The summed E-state index contributed by atoms with van der Waals surface area (Å²) >= 11 is 0. The molecule has 0 nitrogen and oxygen atoms in total. The van der Waals surface area contributed by atoms with E-state index in [0.717, 1.165) is 41.4 Å². The minimum Gasteiger partial charge on any atom is -0.0651 e. The van der Waals surface area contributed by atoms with Gasteiger partial charge < -0.3 is 0 Å². The van der Waals surface area contributed by atoms with Crippen molar-refractivity contribution >= 4 is 0 Å². The van der Waals surface area contributed by atoms with Crippen molar-refractivity contribution in [3.05, 3.63) is 0 Å². The molecule has 2 aliphatic carbocycles. The maximum atomic E-state index is 2.58. The van der Waals surface area contributed by atoms with Crippen molar-refractivity contribution < 1.29 is 0 Å². The van der Waals surface area contributed by atoms with E-state index in [1.165, 1.54) is 19.3 Å². The summed E-state index contributed by atoms with van der Waals surface area (Å²) in [5.41, 5.74) is 0.677. The first-order valence-corrected chi connectivity index (χ1v) is 8.32. The van der Waals surface area contributed by atoms with Crippen LogP contribution in [-0.4, -0.2) is 0 Å².